The van der Waals surface area contributed by atoms with E-state index >= 15 is 0 Å². The number of anilines is 2. The zero-order valence-corrected chi connectivity index (χ0v) is 11.3. The molecule has 0 spiro atoms. The van der Waals surface area contributed by atoms with Gasteiger partial charge < -0.3 is 4.90 Å². The van der Waals surface area contributed by atoms with E-state index < -0.39 is 5.95 Å². The third-order valence-corrected chi connectivity index (χ3v) is 3.40. The molecule has 0 amide bonds. The highest BCUT2D eigenvalue weighted by Gasteiger charge is 2.11. The van der Waals surface area contributed by atoms with Crippen molar-refractivity contribution >= 4 is 22.1 Å². The summed E-state index contributed by atoms with van der Waals surface area (Å²) in [5, 5.41) is 2.34. The third-order valence-electron chi connectivity index (χ3n) is 3.40. The Bertz CT molecular complexity index is 734. The van der Waals surface area contributed by atoms with Crippen LogP contribution in [0.2, 0.25) is 0 Å². The van der Waals surface area contributed by atoms with Crippen LogP contribution in [-0.2, 0) is 0 Å². The van der Waals surface area contributed by atoms with Crippen molar-refractivity contribution in [2.75, 3.05) is 11.4 Å². The largest absolute Gasteiger partial charge is 0.341 e. The highest BCUT2D eigenvalue weighted by Crippen LogP contribution is 2.31. The average molecular weight is 266 g/mol. The zero-order chi connectivity index (χ0) is 13.9. The van der Waals surface area contributed by atoms with Crippen LogP contribution >= 0.6 is 0 Å². The van der Waals surface area contributed by atoms with E-state index in [1.165, 1.54) is 17.6 Å². The Morgan fingerprint density at radius 1 is 1.05 bits per heavy atom. The van der Waals surface area contributed by atoms with E-state index in [9.17, 15) is 4.39 Å². The standard InChI is InChI=1S/C17H15FN2/c1-2-20(14-10-11-19-17(18)12-14)16-9-5-7-13-6-3-4-8-15(13)16/h3-12H,2H2,1H3. The molecule has 0 N–H and O–H groups in total. The summed E-state index contributed by atoms with van der Waals surface area (Å²) in [5.74, 6) is -0.457. The fourth-order valence-electron chi connectivity index (χ4n) is 2.50. The molecule has 0 saturated heterocycles. The van der Waals surface area contributed by atoms with Crippen molar-refractivity contribution in [3.8, 4) is 0 Å². The predicted octanol–water partition coefficient (Wildman–Crippen LogP) is 4.53. The van der Waals surface area contributed by atoms with Gasteiger partial charge in [-0.2, -0.15) is 4.39 Å². The second-order valence-corrected chi connectivity index (χ2v) is 4.58. The predicted molar refractivity (Wildman–Crippen MR) is 80.8 cm³/mol. The highest BCUT2D eigenvalue weighted by atomic mass is 19.1. The van der Waals surface area contributed by atoms with E-state index in [1.807, 2.05) is 24.3 Å². The van der Waals surface area contributed by atoms with Gasteiger partial charge in [-0.25, -0.2) is 4.98 Å². The summed E-state index contributed by atoms with van der Waals surface area (Å²) in [6.45, 7) is 2.82. The molecular weight excluding hydrogens is 251 g/mol. The van der Waals surface area contributed by atoms with Gasteiger partial charge in [0.15, 0.2) is 0 Å². The minimum absolute atomic E-state index is 0.457. The first kappa shape index (κ1) is 12.6. The SMILES string of the molecule is CCN(c1ccnc(F)c1)c1cccc2ccccc12. The quantitative estimate of drug-likeness (QED) is 0.647. The topological polar surface area (TPSA) is 16.1 Å². The van der Waals surface area contributed by atoms with Crippen molar-refractivity contribution < 1.29 is 4.39 Å². The zero-order valence-electron chi connectivity index (χ0n) is 11.3. The highest BCUT2D eigenvalue weighted by molar-refractivity contribution is 5.96. The van der Waals surface area contributed by atoms with Crippen LogP contribution in [0.4, 0.5) is 15.8 Å². The molecule has 0 unspecified atom stereocenters. The van der Waals surface area contributed by atoms with Crippen LogP contribution in [0.1, 0.15) is 6.92 Å². The molecule has 3 aromatic rings. The molecule has 0 bridgehead atoms. The Morgan fingerprint density at radius 2 is 1.85 bits per heavy atom. The van der Waals surface area contributed by atoms with Gasteiger partial charge in [-0.05, 0) is 24.4 Å². The lowest BCUT2D eigenvalue weighted by Gasteiger charge is -2.24. The van der Waals surface area contributed by atoms with Crippen LogP contribution in [0.15, 0.2) is 60.8 Å². The summed E-state index contributed by atoms with van der Waals surface area (Å²) >= 11 is 0. The van der Waals surface area contributed by atoms with E-state index in [-0.39, 0.29) is 0 Å². The second-order valence-electron chi connectivity index (χ2n) is 4.58. The summed E-state index contributed by atoms with van der Waals surface area (Å²) in [6.07, 6.45) is 1.50. The first-order valence-electron chi connectivity index (χ1n) is 6.66. The van der Waals surface area contributed by atoms with Gasteiger partial charge in [0.05, 0.1) is 0 Å². The van der Waals surface area contributed by atoms with E-state index in [2.05, 4.69) is 41.1 Å². The van der Waals surface area contributed by atoms with Crippen molar-refractivity contribution in [2.45, 2.75) is 6.92 Å². The number of fused-ring (bicyclic) bond motifs is 1. The van der Waals surface area contributed by atoms with Gasteiger partial charge in [0.1, 0.15) is 0 Å². The lowest BCUT2D eigenvalue weighted by Crippen LogP contribution is -2.16. The molecular formula is C17H15FN2. The Balaban J connectivity index is 2.17. The fraction of sp³-hybridized carbons (Fsp3) is 0.118. The Labute approximate surface area is 117 Å². The minimum Gasteiger partial charge on any atom is -0.341 e. The number of pyridine rings is 1. The molecule has 0 fully saturated rings. The van der Waals surface area contributed by atoms with Gasteiger partial charge in [-0.1, -0.05) is 36.4 Å². The molecule has 0 aliphatic carbocycles. The van der Waals surface area contributed by atoms with Crippen LogP contribution in [0.25, 0.3) is 10.8 Å². The minimum atomic E-state index is -0.457. The Morgan fingerprint density at radius 3 is 2.65 bits per heavy atom. The molecule has 20 heavy (non-hydrogen) atoms. The van der Waals surface area contributed by atoms with Crippen molar-refractivity contribution in [1.82, 2.24) is 4.98 Å². The maximum absolute atomic E-state index is 13.4. The molecule has 0 atom stereocenters. The smallest absolute Gasteiger partial charge is 0.214 e. The first-order chi connectivity index (χ1) is 9.79. The monoisotopic (exact) mass is 266 g/mol. The van der Waals surface area contributed by atoms with Gasteiger partial charge in [0.2, 0.25) is 5.95 Å². The number of hydrogen-bond donors (Lipinski definition) is 0. The molecule has 2 nitrogen and oxygen atoms in total. The number of nitrogens with zero attached hydrogens (tertiary/aromatic N) is 2. The van der Waals surface area contributed by atoms with Crippen LogP contribution in [0, 0.1) is 5.95 Å². The van der Waals surface area contributed by atoms with Gasteiger partial charge >= 0.3 is 0 Å². The van der Waals surface area contributed by atoms with E-state index in [0.29, 0.717) is 0 Å². The van der Waals surface area contributed by atoms with Crippen molar-refractivity contribution in [2.24, 2.45) is 0 Å². The Kier molecular flexibility index (Phi) is 3.33. The molecule has 0 aliphatic rings. The van der Waals surface area contributed by atoms with Gasteiger partial charge in [0.25, 0.3) is 0 Å². The van der Waals surface area contributed by atoms with Crippen LogP contribution in [0.3, 0.4) is 0 Å². The van der Waals surface area contributed by atoms with Crippen molar-refractivity contribution in [3.05, 3.63) is 66.7 Å². The average Bonchev–Trinajstić information content (AvgIpc) is 2.48. The van der Waals surface area contributed by atoms with Gasteiger partial charge in [-0.15, -0.1) is 0 Å². The second kappa shape index (κ2) is 5.29. The summed E-state index contributed by atoms with van der Waals surface area (Å²) in [4.78, 5) is 5.71. The Hall–Kier alpha value is -2.42. The summed E-state index contributed by atoms with van der Waals surface area (Å²) in [7, 11) is 0. The number of rotatable bonds is 3. The van der Waals surface area contributed by atoms with E-state index in [4.69, 9.17) is 0 Å². The third kappa shape index (κ3) is 2.23. The maximum atomic E-state index is 13.4. The summed E-state index contributed by atoms with van der Waals surface area (Å²) in [6, 6.07) is 17.7. The molecule has 0 aliphatic heterocycles. The maximum Gasteiger partial charge on any atom is 0.214 e. The number of benzene rings is 2. The molecule has 2 aromatic carbocycles. The molecule has 1 heterocycles. The molecule has 100 valence electrons. The molecule has 3 heteroatoms. The number of aromatic nitrogens is 1. The van der Waals surface area contributed by atoms with Gasteiger partial charge in [0, 0.05) is 35.6 Å². The van der Waals surface area contributed by atoms with E-state index in [0.717, 1.165) is 23.3 Å². The lowest BCUT2D eigenvalue weighted by molar-refractivity contribution is 0.583. The van der Waals surface area contributed by atoms with Crippen LogP contribution < -0.4 is 4.90 Å². The van der Waals surface area contributed by atoms with Crippen LogP contribution in [-0.4, -0.2) is 11.5 Å². The van der Waals surface area contributed by atoms with Gasteiger partial charge in [-0.3, -0.25) is 0 Å². The molecule has 1 aromatic heterocycles. The number of hydrogen-bond acceptors (Lipinski definition) is 2. The summed E-state index contributed by atoms with van der Waals surface area (Å²) in [5.41, 5.74) is 1.90. The lowest BCUT2D eigenvalue weighted by atomic mass is 10.1. The van der Waals surface area contributed by atoms with E-state index in [1.54, 1.807) is 0 Å². The first-order valence-corrected chi connectivity index (χ1v) is 6.66. The number of halogens is 1. The van der Waals surface area contributed by atoms with Crippen LogP contribution in [0.5, 0.6) is 0 Å². The normalized spacial score (nSPS) is 10.7. The van der Waals surface area contributed by atoms with Crippen molar-refractivity contribution in [1.29, 1.82) is 0 Å². The molecule has 0 radical (unpaired) electrons. The molecule has 3 rings (SSSR count). The molecule has 0 saturated carbocycles. The van der Waals surface area contributed by atoms with Crippen molar-refractivity contribution in [3.63, 3.8) is 0 Å². The fourth-order valence-corrected chi connectivity index (χ4v) is 2.50. The summed E-state index contributed by atoms with van der Waals surface area (Å²) < 4.78 is 13.4.